The van der Waals surface area contributed by atoms with E-state index in [4.69, 9.17) is 16.6 Å². The Kier molecular flexibility index (Phi) is 6.70. The van der Waals surface area contributed by atoms with E-state index >= 15 is 0 Å². The SMILES string of the molecule is O=C(CSc1nc2ccccc2c(=O)n1CCC1=CCCCC1)c1cccc(Cl)c1. The summed E-state index contributed by atoms with van der Waals surface area (Å²) in [4.78, 5) is 30.5. The van der Waals surface area contributed by atoms with Crippen LogP contribution in [0.4, 0.5) is 0 Å². The third-order valence-electron chi connectivity index (χ3n) is 5.35. The maximum Gasteiger partial charge on any atom is 0.262 e. The van der Waals surface area contributed by atoms with Crippen molar-refractivity contribution in [2.75, 3.05) is 5.75 Å². The van der Waals surface area contributed by atoms with Crippen molar-refractivity contribution in [3.05, 3.63) is 81.1 Å². The first-order valence-corrected chi connectivity index (χ1v) is 11.6. The van der Waals surface area contributed by atoms with Gasteiger partial charge >= 0.3 is 0 Å². The van der Waals surface area contributed by atoms with Gasteiger partial charge in [0.25, 0.3) is 5.56 Å². The van der Waals surface area contributed by atoms with Gasteiger partial charge in [0, 0.05) is 17.1 Å². The Morgan fingerprint density at radius 2 is 2.00 bits per heavy atom. The second-order valence-corrected chi connectivity index (χ2v) is 8.83. The molecule has 2 aromatic carbocycles. The number of hydrogen-bond donors (Lipinski definition) is 0. The van der Waals surface area contributed by atoms with Crippen LogP contribution < -0.4 is 5.56 Å². The van der Waals surface area contributed by atoms with Crippen LogP contribution in [0.3, 0.4) is 0 Å². The predicted molar refractivity (Wildman–Crippen MR) is 124 cm³/mol. The fourth-order valence-electron chi connectivity index (χ4n) is 3.72. The topological polar surface area (TPSA) is 52.0 Å². The van der Waals surface area contributed by atoms with Gasteiger partial charge in [-0.25, -0.2) is 4.98 Å². The van der Waals surface area contributed by atoms with Crippen LogP contribution in [-0.4, -0.2) is 21.1 Å². The number of Topliss-reactive ketones (excluding diaryl/α,β-unsaturated/α-hetero) is 1. The van der Waals surface area contributed by atoms with E-state index in [1.54, 1.807) is 28.8 Å². The zero-order valence-corrected chi connectivity index (χ0v) is 18.2. The van der Waals surface area contributed by atoms with Gasteiger partial charge in [-0.15, -0.1) is 0 Å². The van der Waals surface area contributed by atoms with Crippen LogP contribution >= 0.6 is 23.4 Å². The van der Waals surface area contributed by atoms with E-state index in [9.17, 15) is 9.59 Å². The van der Waals surface area contributed by atoms with Crippen LogP contribution in [0.1, 0.15) is 42.5 Å². The van der Waals surface area contributed by atoms with Gasteiger partial charge in [-0.1, -0.05) is 59.3 Å². The molecule has 154 valence electrons. The van der Waals surface area contributed by atoms with Crippen LogP contribution in [0, 0.1) is 0 Å². The van der Waals surface area contributed by atoms with Crippen molar-refractivity contribution in [1.82, 2.24) is 9.55 Å². The molecule has 0 saturated heterocycles. The number of ketones is 1. The minimum atomic E-state index is -0.0466. The van der Waals surface area contributed by atoms with Crippen LogP contribution in [-0.2, 0) is 6.54 Å². The number of thioether (sulfide) groups is 1. The van der Waals surface area contributed by atoms with Crippen molar-refractivity contribution in [3.8, 4) is 0 Å². The van der Waals surface area contributed by atoms with E-state index in [-0.39, 0.29) is 17.1 Å². The molecule has 0 radical (unpaired) electrons. The predicted octanol–water partition coefficient (Wildman–Crippen LogP) is 5.92. The smallest absolute Gasteiger partial charge is 0.262 e. The van der Waals surface area contributed by atoms with Gasteiger partial charge in [0.15, 0.2) is 10.9 Å². The van der Waals surface area contributed by atoms with Gasteiger partial charge in [-0.05, 0) is 56.4 Å². The Balaban J connectivity index is 1.60. The first kappa shape index (κ1) is 20.9. The lowest BCUT2D eigenvalue weighted by Crippen LogP contribution is -2.24. The standard InChI is InChI=1S/C24H23ClN2O2S/c25-19-10-6-9-18(15-19)22(28)16-30-24-26-21-12-5-4-11-20(21)23(29)27(24)14-13-17-7-2-1-3-8-17/h4-7,9-12,15H,1-3,8,13-14,16H2. The summed E-state index contributed by atoms with van der Waals surface area (Å²) in [5.74, 6) is 0.167. The first-order chi connectivity index (χ1) is 14.6. The molecule has 6 heteroatoms. The van der Waals surface area contributed by atoms with Crippen molar-refractivity contribution in [3.63, 3.8) is 0 Å². The van der Waals surface area contributed by atoms with Gasteiger partial charge in [0.1, 0.15) is 0 Å². The summed E-state index contributed by atoms with van der Waals surface area (Å²) in [6.45, 7) is 0.580. The molecule has 4 rings (SSSR count). The lowest BCUT2D eigenvalue weighted by molar-refractivity contribution is 0.102. The van der Waals surface area contributed by atoms with Crippen molar-refractivity contribution in [2.45, 2.75) is 43.8 Å². The number of para-hydroxylation sites is 1. The van der Waals surface area contributed by atoms with Crippen molar-refractivity contribution in [1.29, 1.82) is 0 Å². The van der Waals surface area contributed by atoms with E-state index in [1.807, 2.05) is 24.3 Å². The van der Waals surface area contributed by atoms with Crippen LogP contribution in [0.15, 0.2) is 70.1 Å². The summed E-state index contributed by atoms with van der Waals surface area (Å²) >= 11 is 7.32. The molecule has 0 spiro atoms. The summed E-state index contributed by atoms with van der Waals surface area (Å²) in [5, 5.41) is 1.73. The van der Waals surface area contributed by atoms with Gasteiger partial charge in [-0.2, -0.15) is 0 Å². The summed E-state index contributed by atoms with van der Waals surface area (Å²) < 4.78 is 1.73. The number of allylic oxidation sites excluding steroid dienone is 2. The number of hydrogen-bond acceptors (Lipinski definition) is 4. The average molecular weight is 439 g/mol. The van der Waals surface area contributed by atoms with Crippen molar-refractivity contribution < 1.29 is 4.79 Å². The number of rotatable bonds is 7. The zero-order chi connectivity index (χ0) is 20.9. The number of halogens is 1. The zero-order valence-electron chi connectivity index (χ0n) is 16.6. The molecule has 30 heavy (non-hydrogen) atoms. The molecule has 1 aromatic heterocycles. The number of nitrogens with zero attached hydrogens (tertiary/aromatic N) is 2. The Morgan fingerprint density at radius 1 is 1.13 bits per heavy atom. The molecule has 4 nitrogen and oxygen atoms in total. The van der Waals surface area contributed by atoms with E-state index in [2.05, 4.69) is 6.08 Å². The Hall–Kier alpha value is -2.37. The molecule has 1 aliphatic rings. The van der Waals surface area contributed by atoms with Crippen LogP contribution in [0.2, 0.25) is 5.02 Å². The number of fused-ring (bicyclic) bond motifs is 1. The summed E-state index contributed by atoms with van der Waals surface area (Å²) in [5.41, 5.74) is 2.59. The Bertz CT molecular complexity index is 1170. The second-order valence-electron chi connectivity index (χ2n) is 7.45. The second kappa shape index (κ2) is 9.63. The highest BCUT2D eigenvalue weighted by Gasteiger charge is 2.15. The van der Waals surface area contributed by atoms with Crippen molar-refractivity contribution >= 4 is 40.0 Å². The highest BCUT2D eigenvalue weighted by atomic mass is 35.5. The number of carbonyl (C=O) groups is 1. The monoisotopic (exact) mass is 438 g/mol. The normalized spacial score (nSPS) is 14.0. The maximum absolute atomic E-state index is 13.2. The maximum atomic E-state index is 13.2. The molecule has 0 bridgehead atoms. The highest BCUT2D eigenvalue weighted by Crippen LogP contribution is 2.24. The Morgan fingerprint density at radius 3 is 2.80 bits per heavy atom. The van der Waals surface area contributed by atoms with E-state index < -0.39 is 0 Å². The van der Waals surface area contributed by atoms with Gasteiger partial charge in [-0.3, -0.25) is 14.2 Å². The molecule has 0 atom stereocenters. The molecule has 3 aromatic rings. The fourth-order valence-corrected chi connectivity index (χ4v) is 4.83. The minimum absolute atomic E-state index is 0.0357. The molecule has 0 unspecified atom stereocenters. The Labute approximate surface area is 185 Å². The lowest BCUT2D eigenvalue weighted by atomic mass is 9.97. The first-order valence-electron chi connectivity index (χ1n) is 10.2. The molecule has 1 aliphatic carbocycles. The van der Waals surface area contributed by atoms with E-state index in [0.717, 1.165) is 19.3 Å². The molecular formula is C24H23ClN2O2S. The van der Waals surface area contributed by atoms with Crippen LogP contribution in [0.5, 0.6) is 0 Å². The molecule has 0 aliphatic heterocycles. The molecular weight excluding hydrogens is 416 g/mol. The van der Waals surface area contributed by atoms with E-state index in [0.29, 0.717) is 33.2 Å². The van der Waals surface area contributed by atoms with Gasteiger partial charge in [0.05, 0.1) is 16.7 Å². The quantitative estimate of drug-likeness (QED) is 0.199. The number of carbonyl (C=O) groups excluding carboxylic acids is 1. The number of aromatic nitrogens is 2. The molecule has 1 heterocycles. The van der Waals surface area contributed by atoms with E-state index in [1.165, 1.54) is 30.2 Å². The van der Waals surface area contributed by atoms with Gasteiger partial charge < -0.3 is 0 Å². The molecule has 0 fully saturated rings. The minimum Gasteiger partial charge on any atom is -0.293 e. The highest BCUT2D eigenvalue weighted by molar-refractivity contribution is 7.99. The van der Waals surface area contributed by atoms with Crippen molar-refractivity contribution in [2.24, 2.45) is 0 Å². The number of benzene rings is 2. The molecule has 0 amide bonds. The third kappa shape index (κ3) is 4.85. The molecule has 0 N–H and O–H groups in total. The van der Waals surface area contributed by atoms with Gasteiger partial charge in [0.2, 0.25) is 0 Å². The fraction of sp³-hybridized carbons (Fsp3) is 0.292. The largest absolute Gasteiger partial charge is 0.293 e. The lowest BCUT2D eigenvalue weighted by Gasteiger charge is -2.16. The third-order valence-corrected chi connectivity index (χ3v) is 6.56. The summed E-state index contributed by atoms with van der Waals surface area (Å²) in [7, 11) is 0. The van der Waals surface area contributed by atoms with Crippen LogP contribution in [0.25, 0.3) is 10.9 Å². The molecule has 0 saturated carbocycles. The summed E-state index contributed by atoms with van der Waals surface area (Å²) in [6.07, 6.45) is 7.83. The average Bonchev–Trinajstić information content (AvgIpc) is 2.77. The summed E-state index contributed by atoms with van der Waals surface area (Å²) in [6, 6.07) is 14.3.